The van der Waals surface area contributed by atoms with E-state index in [-0.39, 0.29) is 23.4 Å². The Labute approximate surface area is 143 Å². The number of carbonyl (C=O) groups excluding carboxylic acids is 1. The quantitative estimate of drug-likeness (QED) is 0.757. The molecular formula is C17H25N3O3S. The van der Waals surface area contributed by atoms with Gasteiger partial charge in [-0.2, -0.15) is 0 Å². The van der Waals surface area contributed by atoms with Crippen molar-refractivity contribution in [3.63, 3.8) is 0 Å². The van der Waals surface area contributed by atoms with E-state index in [0.29, 0.717) is 24.6 Å². The van der Waals surface area contributed by atoms with Gasteiger partial charge < -0.3 is 10.6 Å². The van der Waals surface area contributed by atoms with Crippen LogP contribution >= 0.6 is 0 Å². The molecule has 0 spiro atoms. The first-order chi connectivity index (χ1) is 11.4. The second-order valence-electron chi connectivity index (χ2n) is 6.18. The largest absolute Gasteiger partial charge is 0.334 e. The van der Waals surface area contributed by atoms with E-state index in [1.165, 1.54) is 18.2 Å². The number of nitrogens with zero attached hydrogens (tertiary/aromatic N) is 1. The number of rotatable bonds is 6. The van der Waals surface area contributed by atoms with Crippen LogP contribution in [-0.2, 0) is 10.0 Å². The van der Waals surface area contributed by atoms with Gasteiger partial charge in [-0.25, -0.2) is 13.1 Å². The number of likely N-dealkylation sites (tertiary alicyclic amines) is 1. The highest BCUT2D eigenvalue weighted by Gasteiger charge is 2.29. The predicted molar refractivity (Wildman–Crippen MR) is 94.1 cm³/mol. The number of nitrogens with one attached hydrogen (secondary N) is 1. The van der Waals surface area contributed by atoms with Crippen LogP contribution in [0.25, 0.3) is 0 Å². The maximum absolute atomic E-state index is 12.7. The summed E-state index contributed by atoms with van der Waals surface area (Å²) in [5.41, 5.74) is 6.29. The van der Waals surface area contributed by atoms with Crippen LogP contribution in [0.1, 0.15) is 30.1 Å². The van der Waals surface area contributed by atoms with E-state index in [1.54, 1.807) is 17.0 Å². The summed E-state index contributed by atoms with van der Waals surface area (Å²) in [6.07, 6.45) is 3.33. The van der Waals surface area contributed by atoms with Crippen molar-refractivity contribution in [1.29, 1.82) is 0 Å². The van der Waals surface area contributed by atoms with Gasteiger partial charge in [-0.15, -0.1) is 6.58 Å². The molecular weight excluding hydrogens is 326 g/mol. The molecule has 132 valence electrons. The first-order valence-corrected chi connectivity index (χ1v) is 9.59. The minimum absolute atomic E-state index is 0.0407. The van der Waals surface area contributed by atoms with Crippen molar-refractivity contribution in [1.82, 2.24) is 9.62 Å². The molecule has 1 aromatic rings. The third-order valence-electron chi connectivity index (χ3n) is 4.34. The Morgan fingerprint density at radius 1 is 1.42 bits per heavy atom. The Balaban J connectivity index is 2.15. The highest BCUT2D eigenvalue weighted by atomic mass is 32.2. The average molecular weight is 351 g/mol. The van der Waals surface area contributed by atoms with Crippen LogP contribution in [0.4, 0.5) is 0 Å². The molecule has 1 saturated heterocycles. The lowest BCUT2D eigenvalue weighted by Gasteiger charge is -2.38. The number of hydrogen-bond acceptors (Lipinski definition) is 4. The molecule has 0 radical (unpaired) electrons. The van der Waals surface area contributed by atoms with Gasteiger partial charge in [0.15, 0.2) is 0 Å². The van der Waals surface area contributed by atoms with Gasteiger partial charge in [-0.3, -0.25) is 4.79 Å². The van der Waals surface area contributed by atoms with Gasteiger partial charge in [-0.1, -0.05) is 13.0 Å². The van der Waals surface area contributed by atoms with Crippen molar-refractivity contribution in [2.75, 3.05) is 19.6 Å². The smallest absolute Gasteiger partial charge is 0.254 e. The zero-order chi connectivity index (χ0) is 17.7. The van der Waals surface area contributed by atoms with Crippen molar-refractivity contribution in [3.8, 4) is 0 Å². The fourth-order valence-corrected chi connectivity index (χ4v) is 3.94. The van der Waals surface area contributed by atoms with Crippen molar-refractivity contribution in [2.45, 2.75) is 30.7 Å². The number of nitrogens with two attached hydrogens (primary N) is 1. The first kappa shape index (κ1) is 18.6. The molecule has 2 unspecified atom stereocenters. The van der Waals surface area contributed by atoms with Gasteiger partial charge >= 0.3 is 0 Å². The van der Waals surface area contributed by atoms with Crippen molar-refractivity contribution >= 4 is 15.9 Å². The fourth-order valence-electron chi connectivity index (χ4n) is 2.94. The monoisotopic (exact) mass is 351 g/mol. The van der Waals surface area contributed by atoms with Gasteiger partial charge in [-0.05, 0) is 43.0 Å². The highest BCUT2D eigenvalue weighted by molar-refractivity contribution is 7.89. The summed E-state index contributed by atoms with van der Waals surface area (Å²) in [4.78, 5) is 14.6. The molecule has 2 atom stereocenters. The number of sulfonamides is 1. The summed E-state index contributed by atoms with van der Waals surface area (Å²) >= 11 is 0. The van der Waals surface area contributed by atoms with Crippen LogP contribution in [0, 0.1) is 5.92 Å². The zero-order valence-electron chi connectivity index (χ0n) is 13.9. The second-order valence-corrected chi connectivity index (χ2v) is 7.95. The standard InChI is InChI=1S/C17H25N3O3S/c1-3-9-19-24(22,23)16-6-4-14(5-7-16)17(21)20-10-8-13(2)11-15(20)12-18/h3-7,13,15,19H,1,8-12,18H2,2H3. The molecule has 24 heavy (non-hydrogen) atoms. The fraction of sp³-hybridized carbons (Fsp3) is 0.471. The Hall–Kier alpha value is -1.70. The summed E-state index contributed by atoms with van der Waals surface area (Å²) in [5.74, 6) is 0.464. The van der Waals surface area contributed by atoms with E-state index in [9.17, 15) is 13.2 Å². The van der Waals surface area contributed by atoms with Crippen LogP contribution in [0.15, 0.2) is 41.8 Å². The van der Waals surface area contributed by atoms with Crippen molar-refractivity contribution in [2.24, 2.45) is 11.7 Å². The lowest BCUT2D eigenvalue weighted by molar-refractivity contribution is 0.0573. The molecule has 3 N–H and O–H groups in total. The molecule has 6 nitrogen and oxygen atoms in total. The summed E-state index contributed by atoms with van der Waals surface area (Å²) in [7, 11) is -3.58. The van der Waals surface area contributed by atoms with Crippen LogP contribution in [0.3, 0.4) is 0 Å². The van der Waals surface area contributed by atoms with E-state index in [4.69, 9.17) is 5.73 Å². The van der Waals surface area contributed by atoms with E-state index in [0.717, 1.165) is 12.8 Å². The molecule has 1 heterocycles. The first-order valence-electron chi connectivity index (χ1n) is 8.10. The second kappa shape index (κ2) is 7.92. The number of hydrogen-bond donors (Lipinski definition) is 2. The summed E-state index contributed by atoms with van der Waals surface area (Å²) in [5, 5.41) is 0. The number of benzene rings is 1. The maximum atomic E-state index is 12.7. The number of carbonyl (C=O) groups is 1. The molecule has 1 fully saturated rings. The predicted octanol–water partition coefficient (Wildman–Crippen LogP) is 1.35. The lowest BCUT2D eigenvalue weighted by atomic mass is 9.92. The van der Waals surface area contributed by atoms with Gasteiger partial charge in [0.1, 0.15) is 0 Å². The SMILES string of the molecule is C=CCNS(=O)(=O)c1ccc(C(=O)N2CCC(C)CC2CN)cc1. The van der Waals surface area contributed by atoms with Crippen molar-refractivity contribution < 1.29 is 13.2 Å². The average Bonchev–Trinajstić information content (AvgIpc) is 2.59. The molecule has 0 aliphatic carbocycles. The topological polar surface area (TPSA) is 92.5 Å². The molecule has 7 heteroatoms. The molecule has 0 saturated carbocycles. The molecule has 1 amide bonds. The maximum Gasteiger partial charge on any atom is 0.254 e. The van der Waals surface area contributed by atoms with Gasteiger partial charge in [0, 0.05) is 31.2 Å². The molecule has 0 bridgehead atoms. The van der Waals surface area contributed by atoms with E-state index in [2.05, 4.69) is 18.2 Å². The normalized spacial score (nSPS) is 21.5. The number of piperidine rings is 1. The molecule has 2 rings (SSSR count). The third kappa shape index (κ3) is 4.23. The molecule has 0 aromatic heterocycles. The van der Waals surface area contributed by atoms with Gasteiger partial charge in [0.05, 0.1) is 4.90 Å². The van der Waals surface area contributed by atoms with Crippen LogP contribution in [0.2, 0.25) is 0 Å². The van der Waals surface area contributed by atoms with Crippen LogP contribution < -0.4 is 10.5 Å². The molecule has 1 aromatic carbocycles. The van der Waals surface area contributed by atoms with Gasteiger partial charge in [0.25, 0.3) is 5.91 Å². The minimum Gasteiger partial charge on any atom is -0.334 e. The third-order valence-corrected chi connectivity index (χ3v) is 5.78. The summed E-state index contributed by atoms with van der Waals surface area (Å²) in [6.45, 7) is 6.93. The van der Waals surface area contributed by atoms with Crippen LogP contribution in [0.5, 0.6) is 0 Å². The summed E-state index contributed by atoms with van der Waals surface area (Å²) < 4.78 is 26.5. The molecule has 1 aliphatic rings. The van der Waals surface area contributed by atoms with Crippen LogP contribution in [-0.4, -0.2) is 44.9 Å². The zero-order valence-corrected chi connectivity index (χ0v) is 14.8. The minimum atomic E-state index is -3.58. The van der Waals surface area contributed by atoms with Gasteiger partial charge in [0.2, 0.25) is 10.0 Å². The Morgan fingerprint density at radius 3 is 2.67 bits per heavy atom. The summed E-state index contributed by atoms with van der Waals surface area (Å²) in [6, 6.07) is 6.04. The Morgan fingerprint density at radius 2 is 2.08 bits per heavy atom. The van der Waals surface area contributed by atoms with E-state index >= 15 is 0 Å². The lowest BCUT2D eigenvalue weighted by Crippen LogP contribution is -2.49. The van der Waals surface area contributed by atoms with Crippen molar-refractivity contribution in [3.05, 3.63) is 42.5 Å². The van der Waals surface area contributed by atoms with E-state index in [1.807, 2.05) is 0 Å². The highest BCUT2D eigenvalue weighted by Crippen LogP contribution is 2.24. The number of amides is 1. The van der Waals surface area contributed by atoms with E-state index < -0.39 is 10.0 Å². The molecule has 1 aliphatic heterocycles. The Bertz CT molecular complexity index is 686. The Kier molecular flexibility index (Phi) is 6.15.